The number of aromatic nitrogens is 3. The lowest BCUT2D eigenvalue weighted by Crippen LogP contribution is -2.33. The maximum Gasteiger partial charge on any atom is 0.259 e. The van der Waals surface area contributed by atoms with Gasteiger partial charge in [0.2, 0.25) is 10.0 Å². The van der Waals surface area contributed by atoms with Crippen LogP contribution in [0.3, 0.4) is 0 Å². The number of hydrogen-bond acceptors (Lipinski definition) is 7. The first kappa shape index (κ1) is 21.1. The van der Waals surface area contributed by atoms with Gasteiger partial charge in [0, 0.05) is 18.4 Å². The van der Waals surface area contributed by atoms with Gasteiger partial charge in [-0.25, -0.2) is 18.4 Å². The Kier molecular flexibility index (Phi) is 5.59. The number of nitrogens with one attached hydrogen (secondary N) is 1. The highest BCUT2D eigenvalue weighted by atomic mass is 32.2. The molecule has 1 aliphatic rings. The van der Waals surface area contributed by atoms with Crippen molar-refractivity contribution in [3.8, 4) is 0 Å². The molecule has 1 N–H and O–H groups in total. The standard InChI is InChI=1S/C21H23N5O4S/c1-13-20(14(2)30-25-13)31(28,29)26-11-7-10-18(26)19-17(12-22-15(3)23-19)21(27)24-16-8-5-4-6-9-16/h4-6,8-9,12,18H,7,10-11H2,1-3H3,(H,24,27). The molecular formula is C21H23N5O4S. The number of carbonyl (C=O) groups excluding carboxylic acids is 1. The first-order valence-corrected chi connectivity index (χ1v) is 11.4. The van der Waals surface area contributed by atoms with E-state index >= 15 is 0 Å². The third-order valence-corrected chi connectivity index (χ3v) is 7.42. The summed E-state index contributed by atoms with van der Waals surface area (Å²) in [7, 11) is -3.88. The molecule has 1 aliphatic heterocycles. The predicted molar refractivity (Wildman–Crippen MR) is 113 cm³/mol. The van der Waals surface area contributed by atoms with Crippen molar-refractivity contribution in [2.45, 2.75) is 44.6 Å². The van der Waals surface area contributed by atoms with Gasteiger partial charge >= 0.3 is 0 Å². The summed E-state index contributed by atoms with van der Waals surface area (Å²) >= 11 is 0. The molecule has 0 spiro atoms. The van der Waals surface area contributed by atoms with Gasteiger partial charge < -0.3 is 9.84 Å². The zero-order valence-electron chi connectivity index (χ0n) is 17.5. The van der Waals surface area contributed by atoms with Crippen LogP contribution in [0.2, 0.25) is 0 Å². The highest BCUT2D eigenvalue weighted by molar-refractivity contribution is 7.89. The highest BCUT2D eigenvalue weighted by Gasteiger charge is 2.41. The van der Waals surface area contributed by atoms with E-state index in [-0.39, 0.29) is 22.1 Å². The molecule has 2 aromatic heterocycles. The van der Waals surface area contributed by atoms with E-state index in [1.165, 1.54) is 10.5 Å². The normalized spacial score (nSPS) is 17.1. The van der Waals surface area contributed by atoms with Crippen molar-refractivity contribution in [1.29, 1.82) is 0 Å². The van der Waals surface area contributed by atoms with Gasteiger partial charge in [0.25, 0.3) is 5.91 Å². The Hall–Kier alpha value is -3.11. The Morgan fingerprint density at radius 2 is 1.94 bits per heavy atom. The second kappa shape index (κ2) is 8.20. The van der Waals surface area contributed by atoms with Crippen LogP contribution in [0.15, 0.2) is 45.9 Å². The molecule has 3 heterocycles. The molecular weight excluding hydrogens is 418 g/mol. The summed E-state index contributed by atoms with van der Waals surface area (Å²) < 4.78 is 33.4. The predicted octanol–water partition coefficient (Wildman–Crippen LogP) is 3.17. The molecule has 0 bridgehead atoms. The number of benzene rings is 1. The second-order valence-electron chi connectivity index (χ2n) is 7.46. The third-order valence-electron chi connectivity index (χ3n) is 5.27. The molecule has 0 radical (unpaired) electrons. The van der Waals surface area contributed by atoms with Crippen molar-refractivity contribution in [3.05, 3.63) is 65.1 Å². The van der Waals surface area contributed by atoms with E-state index in [9.17, 15) is 13.2 Å². The molecule has 3 aromatic rings. The Morgan fingerprint density at radius 1 is 1.19 bits per heavy atom. The average molecular weight is 442 g/mol. The summed E-state index contributed by atoms with van der Waals surface area (Å²) in [6.45, 7) is 5.21. The molecule has 0 saturated carbocycles. The zero-order chi connectivity index (χ0) is 22.2. The van der Waals surface area contributed by atoms with Gasteiger partial charge in [-0.15, -0.1) is 0 Å². The van der Waals surface area contributed by atoms with E-state index < -0.39 is 16.1 Å². The van der Waals surface area contributed by atoms with Crippen molar-refractivity contribution in [2.24, 2.45) is 0 Å². The summed E-state index contributed by atoms with van der Waals surface area (Å²) in [5.74, 6) is 0.319. The minimum atomic E-state index is -3.88. The molecule has 162 valence electrons. The molecule has 1 aromatic carbocycles. The van der Waals surface area contributed by atoms with E-state index in [2.05, 4.69) is 20.4 Å². The number of rotatable bonds is 5. The van der Waals surface area contributed by atoms with Crippen molar-refractivity contribution in [2.75, 3.05) is 11.9 Å². The van der Waals surface area contributed by atoms with Crippen molar-refractivity contribution < 1.29 is 17.7 Å². The van der Waals surface area contributed by atoms with Crippen LogP contribution < -0.4 is 5.32 Å². The number of sulfonamides is 1. The van der Waals surface area contributed by atoms with Gasteiger partial charge in [0.15, 0.2) is 5.76 Å². The number of aryl methyl sites for hydroxylation is 3. The van der Waals surface area contributed by atoms with E-state index in [1.807, 2.05) is 18.2 Å². The van der Waals surface area contributed by atoms with E-state index in [0.29, 0.717) is 42.3 Å². The minimum Gasteiger partial charge on any atom is -0.360 e. The maximum absolute atomic E-state index is 13.5. The molecule has 0 aliphatic carbocycles. The number of nitrogens with zero attached hydrogens (tertiary/aromatic N) is 4. The minimum absolute atomic E-state index is 0.0699. The van der Waals surface area contributed by atoms with Crippen LogP contribution in [0, 0.1) is 20.8 Å². The van der Waals surface area contributed by atoms with Crippen LogP contribution in [0.5, 0.6) is 0 Å². The van der Waals surface area contributed by atoms with E-state index in [1.54, 1.807) is 32.9 Å². The number of para-hydroxylation sites is 1. The maximum atomic E-state index is 13.5. The Balaban J connectivity index is 1.73. The third kappa shape index (κ3) is 3.96. The average Bonchev–Trinajstić information content (AvgIpc) is 3.36. The van der Waals surface area contributed by atoms with Crippen LogP contribution in [0.25, 0.3) is 0 Å². The Labute approximate surface area is 180 Å². The lowest BCUT2D eigenvalue weighted by Gasteiger charge is -2.25. The van der Waals surface area contributed by atoms with E-state index in [4.69, 9.17) is 4.52 Å². The summed E-state index contributed by atoms with van der Waals surface area (Å²) in [4.78, 5) is 21.7. The lowest BCUT2D eigenvalue weighted by molar-refractivity contribution is 0.102. The molecule has 1 atom stereocenters. The van der Waals surface area contributed by atoms with Crippen LogP contribution in [-0.4, -0.2) is 40.3 Å². The van der Waals surface area contributed by atoms with Crippen LogP contribution in [-0.2, 0) is 10.0 Å². The molecule has 10 heteroatoms. The summed E-state index contributed by atoms with van der Waals surface area (Å²) in [6, 6.07) is 8.45. The molecule has 9 nitrogen and oxygen atoms in total. The fraction of sp³-hybridized carbons (Fsp3) is 0.333. The van der Waals surface area contributed by atoms with Gasteiger partial charge in [-0.05, 0) is 45.7 Å². The number of amides is 1. The van der Waals surface area contributed by atoms with Gasteiger partial charge in [-0.3, -0.25) is 4.79 Å². The molecule has 1 unspecified atom stereocenters. The van der Waals surface area contributed by atoms with Crippen molar-refractivity contribution >= 4 is 21.6 Å². The van der Waals surface area contributed by atoms with Gasteiger partial charge in [0.1, 0.15) is 16.4 Å². The van der Waals surface area contributed by atoms with E-state index in [0.717, 1.165) is 0 Å². The monoisotopic (exact) mass is 441 g/mol. The largest absolute Gasteiger partial charge is 0.360 e. The van der Waals surface area contributed by atoms with Crippen LogP contribution >= 0.6 is 0 Å². The number of carbonyl (C=O) groups is 1. The molecule has 31 heavy (non-hydrogen) atoms. The number of anilines is 1. The second-order valence-corrected chi connectivity index (χ2v) is 9.29. The SMILES string of the molecule is Cc1ncc(C(=O)Nc2ccccc2)c(C2CCCN2S(=O)(=O)c2c(C)noc2C)n1. The quantitative estimate of drug-likeness (QED) is 0.646. The fourth-order valence-electron chi connectivity index (χ4n) is 3.90. The fourth-order valence-corrected chi connectivity index (χ4v) is 5.85. The summed E-state index contributed by atoms with van der Waals surface area (Å²) in [5, 5.41) is 6.62. The van der Waals surface area contributed by atoms with Crippen molar-refractivity contribution in [1.82, 2.24) is 19.4 Å². The Morgan fingerprint density at radius 3 is 2.61 bits per heavy atom. The van der Waals surface area contributed by atoms with Gasteiger partial charge in [0.05, 0.1) is 17.3 Å². The van der Waals surface area contributed by atoms with Crippen LogP contribution in [0.4, 0.5) is 5.69 Å². The highest BCUT2D eigenvalue weighted by Crippen LogP contribution is 2.38. The summed E-state index contributed by atoms with van der Waals surface area (Å²) in [5.41, 5.74) is 1.59. The lowest BCUT2D eigenvalue weighted by atomic mass is 10.1. The molecule has 1 fully saturated rings. The van der Waals surface area contributed by atoms with Crippen LogP contribution in [0.1, 0.15) is 52.2 Å². The topological polar surface area (TPSA) is 118 Å². The first-order valence-electron chi connectivity index (χ1n) is 9.93. The first-order chi connectivity index (χ1) is 14.8. The molecule has 1 amide bonds. The zero-order valence-corrected chi connectivity index (χ0v) is 18.3. The van der Waals surface area contributed by atoms with Gasteiger partial charge in [-0.1, -0.05) is 23.4 Å². The summed E-state index contributed by atoms with van der Waals surface area (Å²) in [6.07, 6.45) is 2.65. The number of hydrogen-bond donors (Lipinski definition) is 1. The van der Waals surface area contributed by atoms with Gasteiger partial charge in [-0.2, -0.15) is 4.31 Å². The van der Waals surface area contributed by atoms with Crippen molar-refractivity contribution in [3.63, 3.8) is 0 Å². The smallest absolute Gasteiger partial charge is 0.259 e. The molecule has 4 rings (SSSR count). The Bertz CT molecular complexity index is 1200. The molecule has 1 saturated heterocycles.